The molecule has 7 nitrogen and oxygen atoms in total. The van der Waals surface area contributed by atoms with Gasteiger partial charge in [0.15, 0.2) is 0 Å². The number of benzene rings is 1. The van der Waals surface area contributed by atoms with E-state index in [9.17, 15) is 4.79 Å². The summed E-state index contributed by atoms with van der Waals surface area (Å²) in [5.74, 6) is -3.53. The second kappa shape index (κ2) is 9.87. The van der Waals surface area contributed by atoms with E-state index in [1.807, 2.05) is 13.8 Å². The molecule has 2 unspecified atom stereocenters. The average Bonchev–Trinajstić information content (AvgIpc) is 2.78. The third-order valence-corrected chi connectivity index (χ3v) is 7.53. The number of carbonyl (C=O) groups is 1. The van der Waals surface area contributed by atoms with E-state index in [1.54, 1.807) is 25.1 Å². The summed E-state index contributed by atoms with van der Waals surface area (Å²) in [4.78, 5) is 25.1. The summed E-state index contributed by atoms with van der Waals surface area (Å²) in [5.41, 5.74) is 4.21. The van der Waals surface area contributed by atoms with Crippen LogP contribution >= 0.6 is 0 Å². The molecule has 3 rings (SSSR count). The molecule has 1 fully saturated rings. The number of nitrogens with two attached hydrogens (primary N) is 1. The van der Waals surface area contributed by atoms with Crippen LogP contribution in [0.15, 0.2) is 35.6 Å². The quantitative estimate of drug-likeness (QED) is 0.360. The lowest BCUT2D eigenvalue weighted by atomic mass is 9.53. The monoisotopic (exact) mass is 487 g/mol. The molecule has 2 atom stereocenters. The molecular weight excluding hydrogens is 452 g/mol. The van der Waals surface area contributed by atoms with Crippen LogP contribution in [0.5, 0.6) is 5.88 Å². The first-order valence-electron chi connectivity index (χ1n) is 11.9. The fraction of sp³-hybridized carbons (Fsp3) is 0.538. The minimum absolute atomic E-state index is 0.0713. The maximum atomic E-state index is 16.7. The molecule has 9 heteroatoms. The minimum atomic E-state index is -3.18. The maximum absolute atomic E-state index is 16.7. The molecule has 3 N–H and O–H groups in total. The number of nitrogens with one attached hydrogen (secondary N) is 1. The molecule has 1 amide bonds. The second-order valence-corrected chi connectivity index (χ2v) is 9.65. The highest BCUT2D eigenvalue weighted by Gasteiger charge is 2.68. The molecule has 1 aliphatic carbocycles. The topological polar surface area (TPSA) is 102 Å². The molecule has 1 aromatic heterocycles. The summed E-state index contributed by atoms with van der Waals surface area (Å²) < 4.78 is 38.3. The first kappa shape index (κ1) is 26.5. The van der Waals surface area contributed by atoms with Crippen LogP contribution in [0.1, 0.15) is 75.0 Å². The summed E-state index contributed by atoms with van der Waals surface area (Å²) in [6, 6.07) is 4.93. The van der Waals surface area contributed by atoms with Crippen molar-refractivity contribution in [3.63, 3.8) is 0 Å². The number of amidine groups is 1. The van der Waals surface area contributed by atoms with Crippen LogP contribution in [-0.2, 0) is 5.54 Å². The van der Waals surface area contributed by atoms with Gasteiger partial charge in [-0.15, -0.1) is 0 Å². The summed E-state index contributed by atoms with van der Waals surface area (Å²) >= 11 is 0. The van der Waals surface area contributed by atoms with Gasteiger partial charge in [0.05, 0.1) is 25.3 Å². The fourth-order valence-corrected chi connectivity index (χ4v) is 5.16. The number of amides is 1. The van der Waals surface area contributed by atoms with Gasteiger partial charge in [0, 0.05) is 11.1 Å². The minimum Gasteiger partial charge on any atom is -0.480 e. The molecule has 0 radical (unpaired) electrons. The van der Waals surface area contributed by atoms with Gasteiger partial charge in [0.1, 0.15) is 11.2 Å². The largest absolute Gasteiger partial charge is 0.480 e. The Kier molecular flexibility index (Phi) is 7.48. The zero-order valence-electron chi connectivity index (χ0n) is 21.3. The van der Waals surface area contributed by atoms with Gasteiger partial charge in [-0.1, -0.05) is 32.8 Å². The van der Waals surface area contributed by atoms with Crippen molar-refractivity contribution >= 4 is 17.4 Å². The lowest BCUT2D eigenvalue weighted by Gasteiger charge is -2.56. The van der Waals surface area contributed by atoms with Crippen molar-refractivity contribution in [2.24, 2.45) is 22.1 Å². The number of hydrogen-bond acceptors (Lipinski definition) is 5. The molecule has 0 spiro atoms. The molecular formula is C26H35F2N5O2. The number of ether oxygens (including phenoxy) is 1. The van der Waals surface area contributed by atoms with Gasteiger partial charge in [0.2, 0.25) is 5.88 Å². The number of methoxy groups -OCH3 is 1. The highest BCUT2D eigenvalue weighted by Crippen LogP contribution is 2.64. The fourth-order valence-electron chi connectivity index (χ4n) is 5.16. The van der Waals surface area contributed by atoms with Crippen molar-refractivity contribution in [3.8, 4) is 5.88 Å². The molecule has 190 valence electrons. The Morgan fingerprint density at radius 1 is 1.31 bits per heavy atom. The van der Waals surface area contributed by atoms with Gasteiger partial charge < -0.3 is 15.8 Å². The summed E-state index contributed by atoms with van der Waals surface area (Å²) in [5, 5.41) is 2.73. The molecule has 1 aromatic carbocycles. The molecule has 0 aliphatic heterocycles. The predicted octanol–water partition coefficient (Wildman–Crippen LogP) is 5.49. The predicted molar refractivity (Wildman–Crippen MR) is 133 cm³/mol. The smallest absolute Gasteiger partial charge is 0.282 e. The van der Waals surface area contributed by atoms with Crippen molar-refractivity contribution in [3.05, 3.63) is 47.4 Å². The number of nitrogens with zero attached hydrogens (tertiary/aromatic N) is 3. The number of rotatable bonds is 9. The Morgan fingerprint density at radius 3 is 2.49 bits per heavy atom. The van der Waals surface area contributed by atoms with Gasteiger partial charge in [-0.3, -0.25) is 9.79 Å². The normalized spacial score (nSPS) is 18.2. The van der Waals surface area contributed by atoms with Gasteiger partial charge >= 0.3 is 0 Å². The number of anilines is 1. The number of halogens is 2. The standard InChI is InChI=1S/C26H35F2N5O2/c1-7-17(3)25(11-8-12-25)26(27,28)24(5,33-18(4)29)20-13-19(10-9-16(20)2)32-23(34)21-14-31-22(35-6)15-30-21/h9-10,13-15,17H,7-8,11-12H2,1-6H3,(H2,29,33)(H,32,34). The Hall–Kier alpha value is -3.10. The molecule has 35 heavy (non-hydrogen) atoms. The number of hydrogen-bond donors (Lipinski definition) is 2. The third kappa shape index (κ3) is 4.60. The SMILES string of the molecule is CCC(C)C1(C(F)(F)C(C)(N=C(C)N)c2cc(NC(=O)c3cnc(OC)cn3)ccc2C)CCC1. The van der Waals surface area contributed by atoms with Gasteiger partial charge in [-0.2, -0.15) is 0 Å². The highest BCUT2D eigenvalue weighted by atomic mass is 19.3. The number of alkyl halides is 2. The van der Waals surface area contributed by atoms with Crippen molar-refractivity contribution in [1.82, 2.24) is 9.97 Å². The molecule has 0 saturated heterocycles. The second-order valence-electron chi connectivity index (χ2n) is 9.65. The van der Waals surface area contributed by atoms with E-state index in [2.05, 4.69) is 20.3 Å². The molecule has 1 aliphatic rings. The van der Waals surface area contributed by atoms with Crippen LogP contribution in [0.4, 0.5) is 14.5 Å². The van der Waals surface area contributed by atoms with Crippen molar-refractivity contribution in [1.29, 1.82) is 0 Å². The van der Waals surface area contributed by atoms with Crippen molar-refractivity contribution in [2.45, 2.75) is 71.8 Å². The lowest BCUT2D eigenvalue weighted by Crippen LogP contribution is -2.60. The van der Waals surface area contributed by atoms with E-state index in [-0.39, 0.29) is 23.3 Å². The highest BCUT2D eigenvalue weighted by molar-refractivity contribution is 6.02. The Balaban J connectivity index is 2.06. The summed E-state index contributed by atoms with van der Waals surface area (Å²) in [6.45, 7) is 8.58. The van der Waals surface area contributed by atoms with E-state index in [0.29, 0.717) is 36.1 Å². The average molecular weight is 488 g/mol. The van der Waals surface area contributed by atoms with E-state index in [0.717, 1.165) is 6.42 Å². The van der Waals surface area contributed by atoms with E-state index in [4.69, 9.17) is 10.5 Å². The van der Waals surface area contributed by atoms with E-state index < -0.39 is 22.8 Å². The van der Waals surface area contributed by atoms with Gasteiger partial charge in [0.25, 0.3) is 11.8 Å². The van der Waals surface area contributed by atoms with Crippen LogP contribution in [0, 0.1) is 18.3 Å². The van der Waals surface area contributed by atoms with Crippen LogP contribution in [0.3, 0.4) is 0 Å². The third-order valence-electron chi connectivity index (χ3n) is 7.53. The molecule has 1 saturated carbocycles. The number of aryl methyl sites for hydroxylation is 1. The zero-order chi connectivity index (χ0) is 26.0. The number of carbonyl (C=O) groups excluding carboxylic acids is 1. The summed E-state index contributed by atoms with van der Waals surface area (Å²) in [7, 11) is 1.45. The van der Waals surface area contributed by atoms with Crippen LogP contribution in [-0.4, -0.2) is 34.7 Å². The molecule has 2 aromatic rings. The van der Waals surface area contributed by atoms with Crippen molar-refractivity contribution < 1.29 is 18.3 Å². The first-order chi connectivity index (χ1) is 16.4. The molecule has 1 heterocycles. The van der Waals surface area contributed by atoms with Gasteiger partial charge in [-0.05, 0) is 62.8 Å². The zero-order valence-corrected chi connectivity index (χ0v) is 21.3. The Bertz CT molecular complexity index is 1100. The first-order valence-corrected chi connectivity index (χ1v) is 11.9. The summed E-state index contributed by atoms with van der Waals surface area (Å²) in [6.07, 6.45) is 4.91. The lowest BCUT2D eigenvalue weighted by molar-refractivity contribution is -0.226. The van der Waals surface area contributed by atoms with Crippen LogP contribution in [0.25, 0.3) is 0 Å². The van der Waals surface area contributed by atoms with E-state index >= 15 is 8.78 Å². The molecule has 0 bridgehead atoms. The maximum Gasteiger partial charge on any atom is 0.282 e. The van der Waals surface area contributed by atoms with Gasteiger partial charge in [-0.25, -0.2) is 18.7 Å². The number of aliphatic imine (C=N–C) groups is 1. The van der Waals surface area contributed by atoms with Crippen LogP contribution < -0.4 is 15.8 Å². The number of aromatic nitrogens is 2. The Labute approximate surface area is 205 Å². The Morgan fingerprint density at radius 2 is 2.00 bits per heavy atom. The van der Waals surface area contributed by atoms with Crippen molar-refractivity contribution in [2.75, 3.05) is 12.4 Å². The van der Waals surface area contributed by atoms with E-state index in [1.165, 1.54) is 33.4 Å². The van der Waals surface area contributed by atoms with Crippen LogP contribution in [0.2, 0.25) is 0 Å².